The number of hydrogen-bond acceptors (Lipinski definition) is 0. The maximum Gasteiger partial charge on any atom is 0.119 e. The Bertz CT molecular complexity index is 133. The molecule has 0 unspecified atom stereocenters. The van der Waals surface area contributed by atoms with Gasteiger partial charge in [-0.3, -0.25) is 0 Å². The number of allylic oxidation sites excluding steroid dienone is 4. The van der Waals surface area contributed by atoms with Crippen molar-refractivity contribution in [3.05, 3.63) is 24.1 Å². The molecule has 0 radical (unpaired) electrons. The summed E-state index contributed by atoms with van der Waals surface area (Å²) in [4.78, 5) is 0. The Balaban J connectivity index is 2.63. The van der Waals surface area contributed by atoms with Crippen LogP contribution in [0.25, 0.3) is 0 Å². The van der Waals surface area contributed by atoms with Gasteiger partial charge in [-0.05, 0) is 24.5 Å². The van der Waals surface area contributed by atoms with Crippen molar-refractivity contribution in [3.8, 4) is 0 Å². The van der Waals surface area contributed by atoms with Crippen molar-refractivity contribution in [2.45, 2.75) is 13.3 Å². The highest BCUT2D eigenvalue weighted by molar-refractivity contribution is 5.16. The van der Waals surface area contributed by atoms with Crippen LogP contribution in [0.15, 0.2) is 24.1 Å². The van der Waals surface area contributed by atoms with Crippen LogP contribution in [-0.4, -0.2) is 0 Å². The van der Waals surface area contributed by atoms with Crippen molar-refractivity contribution < 1.29 is 4.39 Å². The lowest BCUT2D eigenvalue weighted by Gasteiger charge is -2.04. The third kappa shape index (κ3) is 1.19. The number of halogens is 1. The summed E-state index contributed by atoms with van der Waals surface area (Å²) in [5, 5.41) is 0. The minimum Gasteiger partial charge on any atom is -0.207 e. The summed E-state index contributed by atoms with van der Waals surface area (Å²) in [6.07, 6.45) is 5.99. The third-order valence-electron chi connectivity index (χ3n) is 1.23. The second-order valence-electron chi connectivity index (χ2n) is 2.17. The molecule has 1 heteroatoms. The predicted octanol–water partition coefficient (Wildman–Crippen LogP) is 2.44. The van der Waals surface area contributed by atoms with E-state index < -0.39 is 0 Å². The first kappa shape index (κ1) is 5.54. The summed E-state index contributed by atoms with van der Waals surface area (Å²) in [6, 6.07) is 0. The highest BCUT2D eigenvalue weighted by Crippen LogP contribution is 2.15. The summed E-state index contributed by atoms with van der Waals surface area (Å²) in [6.45, 7) is 2.00. The molecule has 0 spiro atoms. The molecule has 0 saturated heterocycles. The molecule has 0 saturated carbocycles. The minimum atomic E-state index is -0.0937. The molecule has 0 aromatic carbocycles. The van der Waals surface area contributed by atoms with Gasteiger partial charge in [0.15, 0.2) is 0 Å². The van der Waals surface area contributed by atoms with E-state index >= 15 is 0 Å². The normalized spacial score (nSPS) is 27.8. The van der Waals surface area contributed by atoms with Crippen LogP contribution in [0.2, 0.25) is 0 Å². The highest BCUT2D eigenvalue weighted by Gasteiger charge is 2.00. The summed E-state index contributed by atoms with van der Waals surface area (Å²) in [5.41, 5.74) is 0. The molecule has 8 heavy (non-hydrogen) atoms. The summed E-state index contributed by atoms with van der Waals surface area (Å²) in [5.74, 6) is 0.295. The van der Waals surface area contributed by atoms with Crippen molar-refractivity contribution >= 4 is 0 Å². The van der Waals surface area contributed by atoms with E-state index in [4.69, 9.17) is 0 Å². The quantitative estimate of drug-likeness (QED) is 0.451. The van der Waals surface area contributed by atoms with Crippen molar-refractivity contribution in [1.29, 1.82) is 0 Å². The number of hydrogen-bond donors (Lipinski definition) is 0. The van der Waals surface area contributed by atoms with E-state index in [-0.39, 0.29) is 5.83 Å². The molecule has 0 bridgehead atoms. The first-order valence-electron chi connectivity index (χ1n) is 2.83. The van der Waals surface area contributed by atoms with E-state index in [1.807, 2.05) is 13.0 Å². The highest BCUT2D eigenvalue weighted by atomic mass is 19.1. The summed E-state index contributed by atoms with van der Waals surface area (Å²) >= 11 is 0. The standard InChI is InChI=1S/C7H9F/c1-6-3-2-4-7(8)5-6/h2,4-6H,3H2,1H3/t6-/m0/s1. The molecule has 0 fully saturated rings. The molecular formula is C7H9F. The first-order chi connectivity index (χ1) is 3.79. The van der Waals surface area contributed by atoms with Crippen molar-refractivity contribution in [3.63, 3.8) is 0 Å². The van der Waals surface area contributed by atoms with Gasteiger partial charge in [-0.2, -0.15) is 0 Å². The average Bonchev–Trinajstić information content (AvgIpc) is 1.64. The van der Waals surface area contributed by atoms with E-state index in [9.17, 15) is 4.39 Å². The predicted molar refractivity (Wildman–Crippen MR) is 32.1 cm³/mol. The Morgan fingerprint density at radius 1 is 1.75 bits per heavy atom. The van der Waals surface area contributed by atoms with Crippen LogP contribution in [0.1, 0.15) is 13.3 Å². The third-order valence-corrected chi connectivity index (χ3v) is 1.23. The molecule has 44 valence electrons. The fourth-order valence-corrected chi connectivity index (χ4v) is 0.791. The van der Waals surface area contributed by atoms with Crippen LogP contribution in [0, 0.1) is 5.92 Å². The van der Waals surface area contributed by atoms with Crippen LogP contribution in [-0.2, 0) is 0 Å². The monoisotopic (exact) mass is 112 g/mol. The Morgan fingerprint density at radius 2 is 2.50 bits per heavy atom. The zero-order valence-electron chi connectivity index (χ0n) is 4.89. The molecule has 0 nitrogen and oxygen atoms in total. The van der Waals surface area contributed by atoms with Crippen molar-refractivity contribution in [2.24, 2.45) is 5.92 Å². The molecule has 0 amide bonds. The average molecular weight is 112 g/mol. The van der Waals surface area contributed by atoms with Crippen LogP contribution in [0.5, 0.6) is 0 Å². The summed E-state index contributed by atoms with van der Waals surface area (Å²) < 4.78 is 12.2. The number of rotatable bonds is 0. The van der Waals surface area contributed by atoms with Crippen molar-refractivity contribution in [2.75, 3.05) is 0 Å². The van der Waals surface area contributed by atoms with E-state index in [1.165, 1.54) is 6.08 Å². The van der Waals surface area contributed by atoms with Gasteiger partial charge in [0.05, 0.1) is 0 Å². The Hall–Kier alpha value is -0.590. The lowest BCUT2D eigenvalue weighted by atomic mass is 10.0. The van der Waals surface area contributed by atoms with Gasteiger partial charge >= 0.3 is 0 Å². The van der Waals surface area contributed by atoms with Gasteiger partial charge in [-0.25, -0.2) is 4.39 Å². The first-order valence-corrected chi connectivity index (χ1v) is 2.83. The van der Waals surface area contributed by atoms with E-state index in [0.717, 1.165) is 6.42 Å². The van der Waals surface area contributed by atoms with Gasteiger partial charge in [0.25, 0.3) is 0 Å². The van der Waals surface area contributed by atoms with Crippen LogP contribution < -0.4 is 0 Å². The zero-order valence-corrected chi connectivity index (χ0v) is 4.89. The van der Waals surface area contributed by atoms with Gasteiger partial charge in [-0.15, -0.1) is 0 Å². The second-order valence-corrected chi connectivity index (χ2v) is 2.17. The molecule has 1 aliphatic carbocycles. The minimum absolute atomic E-state index is 0.0937. The smallest absolute Gasteiger partial charge is 0.119 e. The molecule has 0 aromatic rings. The van der Waals surface area contributed by atoms with Crippen molar-refractivity contribution in [1.82, 2.24) is 0 Å². The van der Waals surface area contributed by atoms with E-state index in [1.54, 1.807) is 6.08 Å². The molecule has 1 aliphatic rings. The zero-order chi connectivity index (χ0) is 5.98. The molecule has 0 N–H and O–H groups in total. The second kappa shape index (κ2) is 2.12. The molecule has 1 rings (SSSR count). The SMILES string of the molecule is C[C@@H]1C=C(F)C=CC1. The van der Waals surface area contributed by atoms with E-state index in [0.29, 0.717) is 5.92 Å². The molecule has 0 aromatic heterocycles. The lowest BCUT2D eigenvalue weighted by Crippen LogP contribution is -1.91. The largest absolute Gasteiger partial charge is 0.207 e. The molecule has 1 atom stereocenters. The van der Waals surface area contributed by atoms with E-state index in [2.05, 4.69) is 0 Å². The lowest BCUT2D eigenvalue weighted by molar-refractivity contribution is 0.616. The van der Waals surface area contributed by atoms with Gasteiger partial charge in [0, 0.05) is 0 Å². The van der Waals surface area contributed by atoms with Gasteiger partial charge in [-0.1, -0.05) is 13.0 Å². The van der Waals surface area contributed by atoms with Gasteiger partial charge in [0.2, 0.25) is 0 Å². The fourth-order valence-electron chi connectivity index (χ4n) is 0.791. The van der Waals surface area contributed by atoms with Crippen LogP contribution >= 0.6 is 0 Å². The topological polar surface area (TPSA) is 0 Å². The molecule has 0 heterocycles. The Morgan fingerprint density at radius 3 is 2.88 bits per heavy atom. The summed E-state index contributed by atoms with van der Waals surface area (Å²) in [7, 11) is 0. The van der Waals surface area contributed by atoms with Gasteiger partial charge in [0.1, 0.15) is 5.83 Å². The maximum atomic E-state index is 12.2. The molecule has 0 aliphatic heterocycles. The van der Waals surface area contributed by atoms with Crippen LogP contribution in [0.3, 0.4) is 0 Å². The maximum absolute atomic E-state index is 12.2. The molecular weight excluding hydrogens is 103 g/mol. The van der Waals surface area contributed by atoms with Gasteiger partial charge < -0.3 is 0 Å². The fraction of sp³-hybridized carbons (Fsp3) is 0.429. The van der Waals surface area contributed by atoms with Crippen LogP contribution in [0.4, 0.5) is 4.39 Å². The Labute approximate surface area is 48.7 Å². The Kier molecular flexibility index (Phi) is 1.47.